The van der Waals surface area contributed by atoms with E-state index >= 15 is 0 Å². The molecule has 0 amide bonds. The first kappa shape index (κ1) is 24.3. The molecule has 3 aromatic heterocycles. The second-order valence-corrected chi connectivity index (χ2v) is 13.5. The Morgan fingerprint density at radius 2 is 1.07 bits per heavy atom. The number of rotatable bonds is 3. The van der Waals surface area contributed by atoms with Gasteiger partial charge in [-0.3, -0.25) is 0 Å². The van der Waals surface area contributed by atoms with Gasteiger partial charge in [-0.2, -0.15) is 0 Å². The van der Waals surface area contributed by atoms with E-state index < -0.39 is 0 Å². The summed E-state index contributed by atoms with van der Waals surface area (Å²) < 4.78 is 11.8. The maximum Gasteiger partial charge on any atom is 0.144 e. The summed E-state index contributed by atoms with van der Waals surface area (Å²) in [5.41, 5.74) is 5.30. The highest BCUT2D eigenvalue weighted by Gasteiger charge is 2.19. The molecule has 0 bridgehead atoms. The monoisotopic (exact) mass is 597 g/mol. The lowest BCUT2D eigenvalue weighted by Crippen LogP contribution is -2.09. The lowest BCUT2D eigenvalue weighted by Gasteiger charge is -2.25. The van der Waals surface area contributed by atoms with Crippen molar-refractivity contribution >= 4 is 113 Å². The Morgan fingerprint density at radius 1 is 0.409 bits per heavy atom. The van der Waals surface area contributed by atoms with Crippen molar-refractivity contribution in [2.45, 2.75) is 0 Å². The lowest BCUT2D eigenvalue weighted by molar-refractivity contribution is 0.673. The normalized spacial score (nSPS) is 12.1. The Labute approximate surface area is 260 Å². The SMILES string of the molecule is c1ccc(N(c2ccc3sc4ccccc4c3c2)c2ccc3sc4ccc5c(oc6ccc7ccccc7c65)c4c3c2)cc1. The van der Waals surface area contributed by atoms with Crippen LogP contribution in [0.15, 0.2) is 144 Å². The predicted octanol–water partition coefficient (Wildman–Crippen LogP) is 12.9. The fourth-order valence-corrected chi connectivity index (χ4v) is 9.04. The molecule has 2 nitrogen and oxygen atoms in total. The lowest BCUT2D eigenvalue weighted by atomic mass is 10.0. The van der Waals surface area contributed by atoms with Gasteiger partial charge in [0.2, 0.25) is 0 Å². The number of para-hydroxylation sites is 1. The van der Waals surface area contributed by atoms with E-state index in [9.17, 15) is 0 Å². The van der Waals surface area contributed by atoms with Crippen molar-refractivity contribution in [3.05, 3.63) is 140 Å². The number of fused-ring (bicyclic) bond motifs is 12. The summed E-state index contributed by atoms with van der Waals surface area (Å²) in [6.07, 6.45) is 0. The standard InChI is InChI=1S/C40H23NOS2/c1-2-9-25(10-3-1)41(26-15-19-35-31(22-26)29-12-6-7-13-34(29)43-35)27-16-20-36-32(23-27)39-37(44-36)21-17-30-38-28-11-5-4-8-24(28)14-18-33(38)42-40(30)39/h1-23H. The molecule has 0 radical (unpaired) electrons. The first-order valence-electron chi connectivity index (χ1n) is 14.8. The van der Waals surface area contributed by atoms with E-state index in [2.05, 4.69) is 144 Å². The summed E-state index contributed by atoms with van der Waals surface area (Å²) in [5, 5.41) is 9.84. The maximum atomic E-state index is 6.68. The first-order chi connectivity index (χ1) is 21.8. The highest BCUT2D eigenvalue weighted by molar-refractivity contribution is 7.26. The van der Waals surface area contributed by atoms with Crippen molar-refractivity contribution in [3.8, 4) is 0 Å². The third-order valence-electron chi connectivity index (χ3n) is 8.84. The molecule has 0 aliphatic heterocycles. The molecule has 206 valence electrons. The van der Waals surface area contributed by atoms with E-state index in [1.165, 1.54) is 61.9 Å². The van der Waals surface area contributed by atoms with Crippen LogP contribution in [0.2, 0.25) is 0 Å². The average Bonchev–Trinajstić information content (AvgIpc) is 3.76. The zero-order chi connectivity index (χ0) is 28.8. The molecule has 0 saturated carbocycles. The topological polar surface area (TPSA) is 16.4 Å². The molecule has 0 unspecified atom stereocenters. The molecule has 44 heavy (non-hydrogen) atoms. The molecule has 0 aliphatic rings. The van der Waals surface area contributed by atoms with E-state index in [0.717, 1.165) is 28.2 Å². The van der Waals surface area contributed by atoms with Crippen LogP contribution in [0.1, 0.15) is 0 Å². The number of furan rings is 1. The van der Waals surface area contributed by atoms with Gasteiger partial charge in [0.25, 0.3) is 0 Å². The smallest absolute Gasteiger partial charge is 0.144 e. The van der Waals surface area contributed by atoms with E-state index in [1.807, 2.05) is 22.7 Å². The minimum atomic E-state index is 0.934. The summed E-state index contributed by atoms with van der Waals surface area (Å²) in [4.78, 5) is 2.38. The third-order valence-corrected chi connectivity index (χ3v) is 11.1. The van der Waals surface area contributed by atoms with Gasteiger partial charge in [-0.05, 0) is 83.6 Å². The van der Waals surface area contributed by atoms with Crippen LogP contribution in [0.25, 0.3) is 73.1 Å². The van der Waals surface area contributed by atoms with Gasteiger partial charge in [0.15, 0.2) is 0 Å². The molecule has 3 heterocycles. The summed E-state index contributed by atoms with van der Waals surface area (Å²) in [7, 11) is 0. The van der Waals surface area contributed by atoms with Crippen molar-refractivity contribution in [2.24, 2.45) is 0 Å². The predicted molar refractivity (Wildman–Crippen MR) is 192 cm³/mol. The Kier molecular flexibility index (Phi) is 5.06. The molecule has 0 fully saturated rings. The molecule has 0 aliphatic carbocycles. The molecule has 4 heteroatoms. The highest BCUT2D eigenvalue weighted by atomic mass is 32.1. The van der Waals surface area contributed by atoms with Gasteiger partial charge in [0.05, 0.1) is 0 Å². The Balaban J connectivity index is 1.24. The van der Waals surface area contributed by atoms with Crippen molar-refractivity contribution in [1.82, 2.24) is 0 Å². The van der Waals surface area contributed by atoms with E-state index in [4.69, 9.17) is 4.42 Å². The molecule has 0 N–H and O–H groups in total. The minimum Gasteiger partial charge on any atom is -0.455 e. The van der Waals surface area contributed by atoms with Crippen molar-refractivity contribution in [1.29, 1.82) is 0 Å². The summed E-state index contributed by atoms with van der Waals surface area (Å²) in [5.74, 6) is 0. The molecule has 0 atom stereocenters. The van der Waals surface area contributed by atoms with Crippen LogP contribution in [0.5, 0.6) is 0 Å². The summed E-state index contributed by atoms with van der Waals surface area (Å²) in [6, 6.07) is 50.5. The Hall–Kier alpha value is -5.16. The fraction of sp³-hybridized carbons (Fsp3) is 0. The fourth-order valence-electron chi connectivity index (χ4n) is 6.87. The van der Waals surface area contributed by atoms with Crippen LogP contribution >= 0.6 is 22.7 Å². The van der Waals surface area contributed by atoms with Gasteiger partial charge in [0.1, 0.15) is 11.2 Å². The second-order valence-electron chi connectivity index (χ2n) is 11.3. The van der Waals surface area contributed by atoms with Crippen LogP contribution in [-0.4, -0.2) is 0 Å². The Morgan fingerprint density at radius 3 is 1.93 bits per heavy atom. The van der Waals surface area contributed by atoms with E-state index in [-0.39, 0.29) is 0 Å². The van der Waals surface area contributed by atoms with Crippen LogP contribution in [0.3, 0.4) is 0 Å². The minimum absolute atomic E-state index is 0.934. The van der Waals surface area contributed by atoms with Crippen LogP contribution in [0, 0.1) is 0 Å². The van der Waals surface area contributed by atoms with Gasteiger partial charge in [-0.1, -0.05) is 66.7 Å². The molecule has 7 aromatic carbocycles. The number of benzene rings is 7. The molecule has 10 aromatic rings. The quantitative estimate of drug-likeness (QED) is 0.201. The van der Waals surface area contributed by atoms with Crippen LogP contribution < -0.4 is 4.90 Å². The van der Waals surface area contributed by atoms with Crippen molar-refractivity contribution in [3.63, 3.8) is 0 Å². The number of hydrogen-bond donors (Lipinski definition) is 0. The number of anilines is 3. The summed E-state index contributed by atoms with van der Waals surface area (Å²) >= 11 is 3.68. The first-order valence-corrected chi connectivity index (χ1v) is 16.4. The number of hydrogen-bond acceptors (Lipinski definition) is 4. The molecule has 10 rings (SSSR count). The molecule has 0 saturated heterocycles. The highest BCUT2D eigenvalue weighted by Crippen LogP contribution is 2.46. The van der Waals surface area contributed by atoms with E-state index in [0.29, 0.717) is 0 Å². The second kappa shape index (κ2) is 9.17. The molecular formula is C40H23NOS2. The zero-order valence-corrected chi connectivity index (χ0v) is 25.1. The number of thiophene rings is 2. The summed E-state index contributed by atoms with van der Waals surface area (Å²) in [6.45, 7) is 0. The third kappa shape index (κ3) is 3.47. The van der Waals surface area contributed by atoms with Crippen molar-refractivity contribution < 1.29 is 4.42 Å². The number of nitrogens with zero attached hydrogens (tertiary/aromatic N) is 1. The van der Waals surface area contributed by atoms with Crippen molar-refractivity contribution in [2.75, 3.05) is 4.90 Å². The van der Waals surface area contributed by atoms with Crippen LogP contribution in [0.4, 0.5) is 17.1 Å². The average molecular weight is 598 g/mol. The van der Waals surface area contributed by atoms with Gasteiger partial charge in [-0.25, -0.2) is 0 Å². The van der Waals surface area contributed by atoms with Gasteiger partial charge < -0.3 is 9.32 Å². The van der Waals surface area contributed by atoms with Gasteiger partial charge in [-0.15, -0.1) is 22.7 Å². The van der Waals surface area contributed by atoms with Gasteiger partial charge in [0, 0.05) is 68.2 Å². The molecule has 0 spiro atoms. The zero-order valence-electron chi connectivity index (χ0n) is 23.5. The van der Waals surface area contributed by atoms with Gasteiger partial charge >= 0.3 is 0 Å². The van der Waals surface area contributed by atoms with Crippen LogP contribution in [-0.2, 0) is 0 Å². The largest absolute Gasteiger partial charge is 0.455 e. The maximum absolute atomic E-state index is 6.68. The van der Waals surface area contributed by atoms with E-state index in [1.54, 1.807) is 0 Å². The molecular weight excluding hydrogens is 575 g/mol. The Bertz CT molecular complexity index is 2730.